The van der Waals surface area contributed by atoms with E-state index in [0.29, 0.717) is 0 Å². The summed E-state index contributed by atoms with van der Waals surface area (Å²) >= 11 is 0. The first-order valence-electron chi connectivity index (χ1n) is 3.69. The summed E-state index contributed by atoms with van der Waals surface area (Å²) in [6.07, 6.45) is 3.47. The van der Waals surface area contributed by atoms with E-state index in [4.69, 9.17) is 5.73 Å². The minimum absolute atomic E-state index is 1.17. The van der Waals surface area contributed by atoms with Crippen LogP contribution >= 0.6 is 0 Å². The molecule has 0 radical (unpaired) electrons. The monoisotopic (exact) mass is 147 g/mol. The van der Waals surface area contributed by atoms with Crippen LogP contribution in [0.5, 0.6) is 0 Å². The number of rotatable bonds is 1. The van der Waals surface area contributed by atoms with Crippen molar-refractivity contribution in [1.82, 2.24) is 0 Å². The first kappa shape index (κ1) is 7.86. The zero-order chi connectivity index (χ0) is 8.27. The van der Waals surface area contributed by atoms with E-state index >= 15 is 0 Å². The Hall–Kier alpha value is -1.24. The van der Waals surface area contributed by atoms with Gasteiger partial charge in [0.1, 0.15) is 0 Å². The molecule has 0 aliphatic carbocycles. The zero-order valence-electron chi connectivity index (χ0n) is 6.96. The van der Waals surface area contributed by atoms with Crippen LogP contribution in [0.25, 0.3) is 6.08 Å². The minimum Gasteiger partial charge on any atom is -0.405 e. The summed E-state index contributed by atoms with van der Waals surface area (Å²) in [5.74, 6) is 0. The molecule has 0 aliphatic rings. The molecule has 0 fully saturated rings. The number of nitrogens with two attached hydrogens (primary N) is 1. The second-order valence-electron chi connectivity index (χ2n) is 2.78. The van der Waals surface area contributed by atoms with Crippen molar-refractivity contribution in [1.29, 1.82) is 0 Å². The molecule has 1 rings (SSSR count). The van der Waals surface area contributed by atoms with Gasteiger partial charge in [-0.1, -0.05) is 29.3 Å². The molecule has 0 amide bonds. The fourth-order valence-electron chi connectivity index (χ4n) is 1.22. The van der Waals surface area contributed by atoms with Crippen molar-refractivity contribution < 1.29 is 0 Å². The maximum absolute atomic E-state index is 5.28. The molecule has 0 spiro atoms. The summed E-state index contributed by atoms with van der Waals surface area (Å²) in [7, 11) is 0. The molecule has 0 saturated heterocycles. The molecular weight excluding hydrogens is 134 g/mol. The van der Waals surface area contributed by atoms with Gasteiger partial charge < -0.3 is 5.73 Å². The Bertz CT molecular complexity index is 254. The Labute approximate surface area is 67.5 Å². The molecule has 0 aliphatic heterocycles. The Kier molecular flexibility index (Phi) is 2.32. The van der Waals surface area contributed by atoms with Crippen molar-refractivity contribution in [2.24, 2.45) is 5.73 Å². The van der Waals surface area contributed by atoms with Crippen molar-refractivity contribution >= 4 is 6.08 Å². The van der Waals surface area contributed by atoms with Crippen LogP contribution < -0.4 is 5.73 Å². The lowest BCUT2D eigenvalue weighted by Gasteiger charge is -1.98. The fraction of sp³-hybridized carbons (Fsp3) is 0.200. The van der Waals surface area contributed by atoms with Gasteiger partial charge in [-0.3, -0.25) is 0 Å². The summed E-state index contributed by atoms with van der Waals surface area (Å²) < 4.78 is 0. The molecule has 0 aromatic heterocycles. The van der Waals surface area contributed by atoms with E-state index in [1.807, 2.05) is 6.08 Å². The normalized spacial score (nSPS) is 10.7. The third-order valence-electron chi connectivity index (χ3n) is 1.53. The predicted octanol–water partition coefficient (Wildman–Crippen LogP) is 2.23. The smallest absolute Gasteiger partial charge is 0.00564 e. The van der Waals surface area contributed by atoms with Gasteiger partial charge in [-0.15, -0.1) is 0 Å². The average molecular weight is 147 g/mol. The van der Waals surface area contributed by atoms with Crippen LogP contribution in [-0.2, 0) is 0 Å². The van der Waals surface area contributed by atoms with Crippen LogP contribution in [0.2, 0.25) is 0 Å². The Morgan fingerprint density at radius 2 is 1.64 bits per heavy atom. The van der Waals surface area contributed by atoms with Crippen molar-refractivity contribution in [2.75, 3.05) is 0 Å². The number of aryl methyl sites for hydroxylation is 2. The molecule has 1 nitrogen and oxygen atoms in total. The van der Waals surface area contributed by atoms with Gasteiger partial charge in [0.25, 0.3) is 0 Å². The van der Waals surface area contributed by atoms with Gasteiger partial charge in [0.2, 0.25) is 0 Å². The summed E-state index contributed by atoms with van der Waals surface area (Å²) in [5, 5.41) is 0. The largest absolute Gasteiger partial charge is 0.405 e. The van der Waals surface area contributed by atoms with Crippen molar-refractivity contribution in [2.45, 2.75) is 13.8 Å². The molecule has 1 heteroatoms. The number of benzene rings is 1. The Balaban J connectivity index is 3.08. The van der Waals surface area contributed by atoms with Gasteiger partial charge in [0.05, 0.1) is 0 Å². The zero-order valence-corrected chi connectivity index (χ0v) is 6.96. The fourth-order valence-corrected chi connectivity index (χ4v) is 1.22. The maximum Gasteiger partial charge on any atom is -0.00564 e. The molecule has 11 heavy (non-hydrogen) atoms. The molecule has 0 heterocycles. The highest BCUT2D eigenvalue weighted by atomic mass is 14.5. The molecule has 1 aromatic carbocycles. The second kappa shape index (κ2) is 3.24. The van der Waals surface area contributed by atoms with Crippen LogP contribution in [0, 0.1) is 13.8 Å². The van der Waals surface area contributed by atoms with Gasteiger partial charge in [-0.2, -0.15) is 0 Å². The standard InChI is InChI=1S/C10H13N/c1-8-5-9(2)7-10(6-8)3-4-11/h3-7H,11H2,1-2H3/b4-3+. The quantitative estimate of drug-likeness (QED) is 0.647. The van der Waals surface area contributed by atoms with Crippen LogP contribution in [0.3, 0.4) is 0 Å². The molecular formula is C10H13N. The van der Waals surface area contributed by atoms with Crippen LogP contribution in [0.4, 0.5) is 0 Å². The molecule has 58 valence electrons. The summed E-state index contributed by atoms with van der Waals surface area (Å²) in [6, 6.07) is 6.36. The highest BCUT2D eigenvalue weighted by molar-refractivity contribution is 5.51. The van der Waals surface area contributed by atoms with Gasteiger partial charge >= 0.3 is 0 Å². The van der Waals surface area contributed by atoms with Gasteiger partial charge in [-0.05, 0) is 31.7 Å². The van der Waals surface area contributed by atoms with Crippen LogP contribution in [0.1, 0.15) is 16.7 Å². The van der Waals surface area contributed by atoms with Gasteiger partial charge in [0.15, 0.2) is 0 Å². The van der Waals surface area contributed by atoms with Gasteiger partial charge in [-0.25, -0.2) is 0 Å². The molecule has 2 N–H and O–H groups in total. The van der Waals surface area contributed by atoms with Crippen LogP contribution in [0.15, 0.2) is 24.4 Å². The van der Waals surface area contributed by atoms with Crippen molar-refractivity contribution in [3.05, 3.63) is 41.1 Å². The molecule has 0 unspecified atom stereocenters. The highest BCUT2D eigenvalue weighted by Crippen LogP contribution is 2.09. The van der Waals surface area contributed by atoms with Crippen molar-refractivity contribution in [3.63, 3.8) is 0 Å². The van der Waals surface area contributed by atoms with Gasteiger partial charge in [0, 0.05) is 0 Å². The average Bonchev–Trinajstić information content (AvgIpc) is 1.85. The van der Waals surface area contributed by atoms with E-state index in [0.717, 1.165) is 0 Å². The summed E-state index contributed by atoms with van der Waals surface area (Å²) in [5.41, 5.74) is 9.00. The second-order valence-corrected chi connectivity index (χ2v) is 2.78. The first-order chi connectivity index (χ1) is 5.22. The lowest BCUT2D eigenvalue weighted by Crippen LogP contribution is -1.81. The lowest BCUT2D eigenvalue weighted by molar-refractivity contribution is 1.37. The van der Waals surface area contributed by atoms with E-state index in [2.05, 4.69) is 32.0 Å². The third kappa shape index (κ3) is 2.11. The van der Waals surface area contributed by atoms with E-state index < -0.39 is 0 Å². The van der Waals surface area contributed by atoms with E-state index in [1.54, 1.807) is 6.20 Å². The maximum atomic E-state index is 5.28. The predicted molar refractivity (Wildman–Crippen MR) is 49.1 cm³/mol. The molecule has 0 atom stereocenters. The Morgan fingerprint density at radius 3 is 2.09 bits per heavy atom. The molecule has 1 aromatic rings. The Morgan fingerprint density at radius 1 is 1.09 bits per heavy atom. The topological polar surface area (TPSA) is 26.0 Å². The molecule has 0 saturated carbocycles. The van der Waals surface area contributed by atoms with Crippen molar-refractivity contribution in [3.8, 4) is 0 Å². The van der Waals surface area contributed by atoms with Crippen LogP contribution in [-0.4, -0.2) is 0 Å². The first-order valence-corrected chi connectivity index (χ1v) is 3.69. The minimum atomic E-state index is 1.17. The molecule has 0 bridgehead atoms. The van der Waals surface area contributed by atoms with E-state index in [1.165, 1.54) is 16.7 Å². The van der Waals surface area contributed by atoms with E-state index in [9.17, 15) is 0 Å². The number of hydrogen-bond donors (Lipinski definition) is 1. The number of hydrogen-bond acceptors (Lipinski definition) is 1. The third-order valence-corrected chi connectivity index (χ3v) is 1.53. The summed E-state index contributed by atoms with van der Waals surface area (Å²) in [6.45, 7) is 4.17. The summed E-state index contributed by atoms with van der Waals surface area (Å²) in [4.78, 5) is 0. The highest BCUT2D eigenvalue weighted by Gasteiger charge is 1.90. The van der Waals surface area contributed by atoms with E-state index in [-0.39, 0.29) is 0 Å². The SMILES string of the molecule is Cc1cc(C)cc(/C=C/N)c1. The lowest BCUT2D eigenvalue weighted by atomic mass is 10.1.